The number of carbonyl (C=O) groups excluding carboxylic acids is 1. The Bertz CT molecular complexity index is 367. The Hall–Kier alpha value is -1.82. The van der Waals surface area contributed by atoms with Crippen molar-refractivity contribution in [2.45, 2.75) is 13.3 Å². The first kappa shape index (κ1) is 10.3. The number of benzene rings is 1. The maximum absolute atomic E-state index is 11.1. The van der Waals surface area contributed by atoms with Gasteiger partial charge in [0.25, 0.3) is 0 Å². The summed E-state index contributed by atoms with van der Waals surface area (Å²) in [6.45, 7) is 1.56. The summed E-state index contributed by atoms with van der Waals surface area (Å²) >= 11 is 0. The van der Waals surface area contributed by atoms with Crippen LogP contribution in [-0.4, -0.2) is 5.91 Å². The van der Waals surface area contributed by atoms with Crippen LogP contribution < -0.4 is 5.73 Å². The molecule has 0 unspecified atom stereocenters. The van der Waals surface area contributed by atoms with E-state index in [1.807, 2.05) is 36.4 Å². The zero-order chi connectivity index (χ0) is 10.6. The molecule has 0 aliphatic heterocycles. The number of carbonyl (C=O) groups is 1. The maximum Gasteiger partial charge on any atom is 0.237 e. The lowest BCUT2D eigenvalue weighted by Crippen LogP contribution is -2.34. The van der Waals surface area contributed by atoms with Crippen LogP contribution in [0.25, 0.3) is 0 Å². The van der Waals surface area contributed by atoms with Crippen molar-refractivity contribution in [2.24, 2.45) is 11.1 Å². The average Bonchev–Trinajstić information content (AvgIpc) is 2.19. The summed E-state index contributed by atoms with van der Waals surface area (Å²) in [7, 11) is 0. The summed E-state index contributed by atoms with van der Waals surface area (Å²) in [5.74, 6) is -0.580. The van der Waals surface area contributed by atoms with Crippen LogP contribution in [-0.2, 0) is 11.2 Å². The first-order valence-electron chi connectivity index (χ1n) is 4.33. The van der Waals surface area contributed by atoms with Crippen LogP contribution in [0, 0.1) is 16.7 Å². The predicted molar refractivity (Wildman–Crippen MR) is 53.1 cm³/mol. The minimum atomic E-state index is -1.11. The standard InChI is InChI=1S/C11H12N2O/c1-11(8-12,10(13)14)7-9-5-3-2-4-6-9/h2-6H,7H2,1H3,(H2,13,14)/t11-/m1/s1. The van der Waals surface area contributed by atoms with Crippen LogP contribution in [0.4, 0.5) is 0 Å². The third-order valence-corrected chi connectivity index (χ3v) is 2.19. The largest absolute Gasteiger partial charge is 0.368 e. The topological polar surface area (TPSA) is 66.9 Å². The fraction of sp³-hybridized carbons (Fsp3) is 0.273. The highest BCUT2D eigenvalue weighted by molar-refractivity contribution is 5.83. The number of nitriles is 1. The van der Waals surface area contributed by atoms with Crippen molar-refractivity contribution >= 4 is 5.91 Å². The molecule has 1 rings (SSSR count). The highest BCUT2D eigenvalue weighted by atomic mass is 16.1. The molecule has 1 amide bonds. The number of nitrogens with zero attached hydrogens (tertiary/aromatic N) is 1. The number of hydrogen-bond acceptors (Lipinski definition) is 2. The van der Waals surface area contributed by atoms with E-state index in [0.717, 1.165) is 5.56 Å². The molecule has 0 aromatic heterocycles. The fourth-order valence-corrected chi connectivity index (χ4v) is 1.19. The molecule has 2 N–H and O–H groups in total. The molecule has 0 saturated carbocycles. The Labute approximate surface area is 83.2 Å². The molecule has 1 aromatic carbocycles. The molecule has 0 bridgehead atoms. The van der Waals surface area contributed by atoms with Crippen LogP contribution in [0.5, 0.6) is 0 Å². The zero-order valence-electron chi connectivity index (χ0n) is 8.03. The Balaban J connectivity index is 2.88. The van der Waals surface area contributed by atoms with Crippen molar-refractivity contribution in [1.29, 1.82) is 5.26 Å². The molecule has 3 heteroatoms. The van der Waals surface area contributed by atoms with Crippen LogP contribution in [0.2, 0.25) is 0 Å². The normalized spacial score (nSPS) is 14.0. The monoisotopic (exact) mass is 188 g/mol. The predicted octanol–water partition coefficient (Wildman–Crippen LogP) is 1.24. The number of hydrogen-bond donors (Lipinski definition) is 1. The van der Waals surface area contributed by atoms with Crippen LogP contribution in [0.3, 0.4) is 0 Å². The summed E-state index contributed by atoms with van der Waals surface area (Å²) < 4.78 is 0. The molecule has 0 fully saturated rings. The molecule has 0 spiro atoms. The van der Waals surface area contributed by atoms with E-state index in [-0.39, 0.29) is 0 Å². The first-order valence-corrected chi connectivity index (χ1v) is 4.33. The third kappa shape index (κ3) is 2.11. The van der Waals surface area contributed by atoms with Crippen molar-refractivity contribution in [3.8, 4) is 6.07 Å². The lowest BCUT2D eigenvalue weighted by atomic mass is 9.84. The quantitative estimate of drug-likeness (QED) is 0.775. The molecule has 0 heterocycles. The minimum absolute atomic E-state index is 0.361. The molecule has 72 valence electrons. The van der Waals surface area contributed by atoms with Crippen molar-refractivity contribution in [2.75, 3.05) is 0 Å². The van der Waals surface area contributed by atoms with Gasteiger partial charge in [0.2, 0.25) is 5.91 Å². The van der Waals surface area contributed by atoms with Gasteiger partial charge in [-0.25, -0.2) is 0 Å². The van der Waals surface area contributed by atoms with Gasteiger partial charge in [0.1, 0.15) is 5.41 Å². The average molecular weight is 188 g/mol. The molecule has 1 atom stereocenters. The van der Waals surface area contributed by atoms with Gasteiger partial charge < -0.3 is 5.73 Å². The molecule has 1 aromatic rings. The van der Waals surface area contributed by atoms with E-state index in [1.54, 1.807) is 6.92 Å². The van der Waals surface area contributed by atoms with E-state index in [4.69, 9.17) is 11.0 Å². The zero-order valence-corrected chi connectivity index (χ0v) is 8.03. The van der Waals surface area contributed by atoms with Gasteiger partial charge in [0, 0.05) is 0 Å². The van der Waals surface area contributed by atoms with E-state index in [1.165, 1.54) is 0 Å². The SMILES string of the molecule is C[C@](C#N)(Cc1ccccc1)C(N)=O. The Morgan fingerprint density at radius 2 is 2.07 bits per heavy atom. The summed E-state index contributed by atoms with van der Waals surface area (Å²) in [4.78, 5) is 11.1. The van der Waals surface area contributed by atoms with Gasteiger partial charge in [0.15, 0.2) is 0 Å². The van der Waals surface area contributed by atoms with E-state index in [9.17, 15) is 4.79 Å². The number of rotatable bonds is 3. The van der Waals surface area contributed by atoms with Crippen molar-refractivity contribution < 1.29 is 4.79 Å². The minimum Gasteiger partial charge on any atom is -0.368 e. The summed E-state index contributed by atoms with van der Waals surface area (Å²) in [5, 5.41) is 8.87. The van der Waals surface area contributed by atoms with Gasteiger partial charge in [-0.3, -0.25) is 4.79 Å². The molecule has 0 aliphatic rings. The summed E-state index contributed by atoms with van der Waals surface area (Å²) in [6.07, 6.45) is 0.361. The second-order valence-electron chi connectivity index (χ2n) is 3.47. The van der Waals surface area contributed by atoms with Gasteiger partial charge in [-0.1, -0.05) is 30.3 Å². The van der Waals surface area contributed by atoms with Crippen LogP contribution >= 0.6 is 0 Å². The second kappa shape index (κ2) is 3.93. The Kier molecular flexibility index (Phi) is 2.88. The Morgan fingerprint density at radius 1 is 1.50 bits per heavy atom. The van der Waals surface area contributed by atoms with Gasteiger partial charge in [-0.05, 0) is 18.9 Å². The second-order valence-corrected chi connectivity index (χ2v) is 3.47. The molecule has 3 nitrogen and oxygen atoms in total. The summed E-state index contributed by atoms with van der Waals surface area (Å²) in [6, 6.07) is 11.3. The number of amides is 1. The smallest absolute Gasteiger partial charge is 0.237 e. The van der Waals surface area contributed by atoms with Crippen molar-refractivity contribution in [3.05, 3.63) is 35.9 Å². The molecule has 0 aliphatic carbocycles. The lowest BCUT2D eigenvalue weighted by Gasteiger charge is -2.16. The van der Waals surface area contributed by atoms with Crippen LogP contribution in [0.15, 0.2) is 30.3 Å². The van der Waals surface area contributed by atoms with Gasteiger partial charge in [0.05, 0.1) is 6.07 Å². The van der Waals surface area contributed by atoms with E-state index >= 15 is 0 Å². The Morgan fingerprint density at radius 3 is 2.50 bits per heavy atom. The first-order chi connectivity index (χ1) is 6.58. The molecular formula is C11H12N2O. The van der Waals surface area contributed by atoms with Crippen LogP contribution in [0.1, 0.15) is 12.5 Å². The highest BCUT2D eigenvalue weighted by Crippen LogP contribution is 2.20. The molecule has 14 heavy (non-hydrogen) atoms. The molecule has 0 saturated heterocycles. The van der Waals surface area contributed by atoms with Crippen molar-refractivity contribution in [3.63, 3.8) is 0 Å². The lowest BCUT2D eigenvalue weighted by molar-refractivity contribution is -0.124. The van der Waals surface area contributed by atoms with E-state index in [0.29, 0.717) is 6.42 Å². The van der Waals surface area contributed by atoms with Gasteiger partial charge in [-0.15, -0.1) is 0 Å². The molecular weight excluding hydrogens is 176 g/mol. The maximum atomic E-state index is 11.1. The van der Waals surface area contributed by atoms with Crippen molar-refractivity contribution in [1.82, 2.24) is 0 Å². The number of nitrogens with two attached hydrogens (primary N) is 1. The van der Waals surface area contributed by atoms with Gasteiger partial charge in [-0.2, -0.15) is 5.26 Å². The highest BCUT2D eigenvalue weighted by Gasteiger charge is 2.31. The third-order valence-electron chi connectivity index (χ3n) is 2.19. The number of primary amides is 1. The van der Waals surface area contributed by atoms with E-state index in [2.05, 4.69) is 0 Å². The van der Waals surface area contributed by atoms with E-state index < -0.39 is 11.3 Å². The molecule has 0 radical (unpaired) electrons. The van der Waals surface area contributed by atoms with Gasteiger partial charge >= 0.3 is 0 Å². The summed E-state index contributed by atoms with van der Waals surface area (Å²) in [5.41, 5.74) is 5.00. The fourth-order valence-electron chi connectivity index (χ4n) is 1.19.